The largest absolute Gasteiger partial charge is 0.444 e. The number of ether oxygens (including phenoxy) is 2. The lowest BCUT2D eigenvalue weighted by Crippen LogP contribution is -2.42. The molecule has 0 aliphatic carbocycles. The van der Waals surface area contributed by atoms with Gasteiger partial charge in [0.05, 0.1) is 13.2 Å². The van der Waals surface area contributed by atoms with Crippen LogP contribution in [0.15, 0.2) is 0 Å². The molecule has 1 unspecified atom stereocenters. The quantitative estimate of drug-likeness (QED) is 0.522. The van der Waals surface area contributed by atoms with E-state index in [-0.39, 0.29) is 18.4 Å². The van der Waals surface area contributed by atoms with Gasteiger partial charge in [-0.1, -0.05) is 13.8 Å². The molecule has 7 nitrogen and oxygen atoms in total. The Hall–Kier alpha value is -1.34. The van der Waals surface area contributed by atoms with Gasteiger partial charge in [0, 0.05) is 26.7 Å². The molecule has 23 heavy (non-hydrogen) atoms. The number of alkyl carbamates (subject to hydrolysis) is 1. The Bertz CT molecular complexity index is 354. The first-order valence-corrected chi connectivity index (χ1v) is 8.09. The molecule has 0 rings (SSSR count). The first-order chi connectivity index (χ1) is 10.7. The standard InChI is InChI=1S/C16H33N3O4/c1-12(2)13(10-19-15(21)23-16(3,4)5)9-17-11-14(20)18-7-8-22-6/h12-13,17H,7-11H2,1-6H3,(H,18,20)(H,19,21). The third kappa shape index (κ3) is 12.9. The second kappa shape index (κ2) is 11.2. The Morgan fingerprint density at radius 3 is 2.26 bits per heavy atom. The van der Waals surface area contributed by atoms with Crippen LogP contribution < -0.4 is 16.0 Å². The van der Waals surface area contributed by atoms with E-state index >= 15 is 0 Å². The Morgan fingerprint density at radius 1 is 1.09 bits per heavy atom. The second-order valence-electron chi connectivity index (χ2n) is 6.86. The highest BCUT2D eigenvalue weighted by atomic mass is 16.6. The molecule has 2 amide bonds. The van der Waals surface area contributed by atoms with Crippen LogP contribution >= 0.6 is 0 Å². The summed E-state index contributed by atoms with van der Waals surface area (Å²) in [5, 5.41) is 8.65. The minimum Gasteiger partial charge on any atom is -0.444 e. The van der Waals surface area contributed by atoms with Crippen LogP contribution in [0.1, 0.15) is 34.6 Å². The molecule has 0 aromatic rings. The van der Waals surface area contributed by atoms with Crippen molar-refractivity contribution in [1.29, 1.82) is 0 Å². The maximum Gasteiger partial charge on any atom is 0.407 e. The zero-order valence-electron chi connectivity index (χ0n) is 15.3. The summed E-state index contributed by atoms with van der Waals surface area (Å²) in [6.07, 6.45) is -0.416. The van der Waals surface area contributed by atoms with Gasteiger partial charge >= 0.3 is 6.09 Å². The fourth-order valence-electron chi connectivity index (χ4n) is 1.80. The second-order valence-corrected chi connectivity index (χ2v) is 6.86. The van der Waals surface area contributed by atoms with E-state index < -0.39 is 11.7 Å². The number of amides is 2. The van der Waals surface area contributed by atoms with Crippen LogP contribution in [0.4, 0.5) is 4.79 Å². The highest BCUT2D eigenvalue weighted by Crippen LogP contribution is 2.10. The molecule has 0 bridgehead atoms. The Morgan fingerprint density at radius 2 is 1.74 bits per heavy atom. The van der Waals surface area contributed by atoms with Gasteiger partial charge in [0.2, 0.25) is 5.91 Å². The fourth-order valence-corrected chi connectivity index (χ4v) is 1.80. The van der Waals surface area contributed by atoms with E-state index in [0.717, 1.165) is 0 Å². The van der Waals surface area contributed by atoms with Crippen molar-refractivity contribution in [2.24, 2.45) is 11.8 Å². The van der Waals surface area contributed by atoms with Crippen molar-refractivity contribution >= 4 is 12.0 Å². The molecule has 0 saturated carbocycles. The van der Waals surface area contributed by atoms with E-state index in [1.807, 2.05) is 20.8 Å². The van der Waals surface area contributed by atoms with E-state index in [0.29, 0.717) is 32.2 Å². The van der Waals surface area contributed by atoms with Gasteiger partial charge in [-0.15, -0.1) is 0 Å². The van der Waals surface area contributed by atoms with Crippen molar-refractivity contribution in [3.8, 4) is 0 Å². The third-order valence-electron chi connectivity index (χ3n) is 3.17. The maximum atomic E-state index is 11.7. The van der Waals surface area contributed by atoms with E-state index in [9.17, 15) is 9.59 Å². The summed E-state index contributed by atoms with van der Waals surface area (Å²) in [5.41, 5.74) is -0.504. The summed E-state index contributed by atoms with van der Waals surface area (Å²) in [6, 6.07) is 0. The van der Waals surface area contributed by atoms with Gasteiger partial charge in [-0.3, -0.25) is 4.79 Å². The topological polar surface area (TPSA) is 88.7 Å². The summed E-state index contributed by atoms with van der Waals surface area (Å²) in [4.78, 5) is 23.3. The summed E-state index contributed by atoms with van der Waals surface area (Å²) in [7, 11) is 1.59. The van der Waals surface area contributed by atoms with E-state index in [1.165, 1.54) is 0 Å². The van der Waals surface area contributed by atoms with Gasteiger partial charge in [0.25, 0.3) is 0 Å². The zero-order valence-corrected chi connectivity index (χ0v) is 15.3. The number of carbonyl (C=O) groups is 2. The lowest BCUT2D eigenvalue weighted by atomic mass is 9.96. The first kappa shape index (κ1) is 21.7. The van der Waals surface area contributed by atoms with Gasteiger partial charge < -0.3 is 25.4 Å². The van der Waals surface area contributed by atoms with Gasteiger partial charge in [-0.2, -0.15) is 0 Å². The van der Waals surface area contributed by atoms with E-state index in [2.05, 4.69) is 29.8 Å². The molecule has 0 saturated heterocycles. The molecule has 136 valence electrons. The maximum absolute atomic E-state index is 11.7. The molecular formula is C16H33N3O4. The highest BCUT2D eigenvalue weighted by Gasteiger charge is 2.19. The van der Waals surface area contributed by atoms with E-state index in [4.69, 9.17) is 9.47 Å². The summed E-state index contributed by atoms with van der Waals surface area (Å²) in [6.45, 7) is 12.1. The monoisotopic (exact) mass is 331 g/mol. The minimum absolute atomic E-state index is 0.0651. The Balaban J connectivity index is 4.03. The van der Waals surface area contributed by atoms with Crippen molar-refractivity contribution in [1.82, 2.24) is 16.0 Å². The Kier molecular flexibility index (Phi) is 10.6. The van der Waals surface area contributed by atoms with Gasteiger partial charge in [-0.25, -0.2) is 4.79 Å². The highest BCUT2D eigenvalue weighted by molar-refractivity contribution is 5.77. The lowest BCUT2D eigenvalue weighted by Gasteiger charge is -2.24. The zero-order chi connectivity index (χ0) is 17.9. The predicted molar refractivity (Wildman–Crippen MR) is 90.3 cm³/mol. The van der Waals surface area contributed by atoms with E-state index in [1.54, 1.807) is 7.11 Å². The van der Waals surface area contributed by atoms with Crippen molar-refractivity contribution < 1.29 is 19.1 Å². The number of hydrogen-bond acceptors (Lipinski definition) is 5. The molecule has 3 N–H and O–H groups in total. The van der Waals surface area contributed by atoms with Crippen LogP contribution in [0.25, 0.3) is 0 Å². The number of rotatable bonds is 10. The molecular weight excluding hydrogens is 298 g/mol. The first-order valence-electron chi connectivity index (χ1n) is 8.09. The molecule has 0 aromatic heterocycles. The van der Waals surface area contributed by atoms with Crippen LogP contribution in [0.2, 0.25) is 0 Å². The minimum atomic E-state index is -0.504. The fraction of sp³-hybridized carbons (Fsp3) is 0.875. The number of hydrogen-bond donors (Lipinski definition) is 3. The molecule has 0 radical (unpaired) electrons. The molecule has 0 fully saturated rings. The third-order valence-corrected chi connectivity index (χ3v) is 3.17. The normalized spacial score (nSPS) is 12.8. The number of nitrogens with one attached hydrogen (secondary N) is 3. The van der Waals surface area contributed by atoms with Crippen LogP contribution in [0.5, 0.6) is 0 Å². The number of carbonyl (C=O) groups excluding carboxylic acids is 2. The number of methoxy groups -OCH3 is 1. The Labute approximate surface area is 139 Å². The summed E-state index contributed by atoms with van der Waals surface area (Å²) >= 11 is 0. The van der Waals surface area contributed by atoms with Crippen LogP contribution in [0, 0.1) is 11.8 Å². The molecule has 0 aromatic carbocycles. The molecule has 7 heteroatoms. The van der Waals surface area contributed by atoms with Crippen LogP contribution in [0.3, 0.4) is 0 Å². The average Bonchev–Trinajstić information content (AvgIpc) is 2.40. The molecule has 1 atom stereocenters. The van der Waals surface area contributed by atoms with Crippen LogP contribution in [-0.2, 0) is 14.3 Å². The van der Waals surface area contributed by atoms with Crippen molar-refractivity contribution in [2.75, 3.05) is 39.9 Å². The SMILES string of the molecule is COCCNC(=O)CNCC(CNC(=O)OC(C)(C)C)C(C)C. The average molecular weight is 331 g/mol. The molecule has 0 heterocycles. The predicted octanol–water partition coefficient (Wildman–Crippen LogP) is 1.14. The summed E-state index contributed by atoms with van der Waals surface area (Å²) in [5.74, 6) is 0.521. The molecule has 0 aliphatic heterocycles. The summed E-state index contributed by atoms with van der Waals surface area (Å²) < 4.78 is 10.1. The van der Waals surface area contributed by atoms with Crippen molar-refractivity contribution in [2.45, 2.75) is 40.2 Å². The van der Waals surface area contributed by atoms with Gasteiger partial charge in [0.1, 0.15) is 5.60 Å². The van der Waals surface area contributed by atoms with Crippen molar-refractivity contribution in [3.05, 3.63) is 0 Å². The molecule has 0 spiro atoms. The van der Waals surface area contributed by atoms with Crippen molar-refractivity contribution in [3.63, 3.8) is 0 Å². The van der Waals surface area contributed by atoms with Gasteiger partial charge in [-0.05, 0) is 32.6 Å². The van der Waals surface area contributed by atoms with Crippen LogP contribution in [-0.4, -0.2) is 57.5 Å². The molecule has 0 aliphatic rings. The van der Waals surface area contributed by atoms with Gasteiger partial charge in [0.15, 0.2) is 0 Å². The smallest absolute Gasteiger partial charge is 0.407 e. The lowest BCUT2D eigenvalue weighted by molar-refractivity contribution is -0.120.